The molecule has 1 nitrogen and oxygen atoms in total. The van der Waals surface area contributed by atoms with Gasteiger partial charge < -0.3 is 4.63 Å². The number of hydrogen-bond acceptors (Lipinski definition) is 1. The molecule has 1 aliphatic rings. The Morgan fingerprint density at radius 3 is 1.75 bits per heavy atom. The Kier molecular flexibility index (Phi) is 2.24. The molecule has 1 heterocycles. The average molecular weight is 196 g/mol. The van der Waals surface area contributed by atoms with Gasteiger partial charge in [0.05, 0.1) is 9.04 Å². The van der Waals surface area contributed by atoms with E-state index in [2.05, 4.69) is 41.5 Å². The summed E-state index contributed by atoms with van der Waals surface area (Å²) in [5.74, 6) is 0. The molecule has 0 saturated heterocycles. The van der Waals surface area contributed by atoms with Crippen LogP contribution in [0.25, 0.3) is 0 Å². The van der Waals surface area contributed by atoms with Gasteiger partial charge in [0.25, 0.3) is 0 Å². The van der Waals surface area contributed by atoms with Crippen LogP contribution in [0.3, 0.4) is 0 Å². The van der Waals surface area contributed by atoms with Gasteiger partial charge in [-0.3, -0.25) is 0 Å². The van der Waals surface area contributed by atoms with Gasteiger partial charge in [-0.25, -0.2) is 0 Å². The van der Waals surface area contributed by atoms with Crippen LogP contribution in [0.1, 0.15) is 41.5 Å². The zero-order valence-corrected chi connectivity index (χ0v) is 10.9. The van der Waals surface area contributed by atoms with Gasteiger partial charge in [0, 0.05) is 5.54 Å². The molecule has 0 N–H and O–H groups in total. The summed E-state index contributed by atoms with van der Waals surface area (Å²) in [6.45, 7) is 14.0. The molecule has 0 atom stereocenters. The van der Waals surface area contributed by atoms with Crippen molar-refractivity contribution < 1.29 is 0 Å². The molecule has 0 aromatic rings. The monoisotopic (exact) mass is 196 g/mol. The Balaban J connectivity index is 3.13. The van der Waals surface area contributed by atoms with Crippen LogP contribution in [0.15, 0.2) is 4.63 Å². The summed E-state index contributed by atoms with van der Waals surface area (Å²) in [7, 11) is 1.83. The second-order valence-corrected chi connectivity index (χ2v) is 8.53. The highest BCUT2D eigenvalue weighted by Gasteiger charge is 2.49. The van der Waals surface area contributed by atoms with Crippen molar-refractivity contribution in [1.82, 2.24) is 0 Å². The van der Waals surface area contributed by atoms with Crippen LogP contribution in [0.4, 0.5) is 0 Å². The van der Waals surface area contributed by atoms with Crippen molar-refractivity contribution in [2.45, 2.75) is 52.1 Å². The largest absolute Gasteiger partial charge is 0.333 e. The van der Waals surface area contributed by atoms with Crippen LogP contribution in [-0.4, -0.2) is 23.4 Å². The SMILES string of the molecule is CC1(C)N=[Si][Si]C(C)(C)C1(C)C. The fourth-order valence-corrected chi connectivity index (χ4v) is 5.66. The van der Waals surface area contributed by atoms with E-state index in [0.29, 0.717) is 10.5 Å². The summed E-state index contributed by atoms with van der Waals surface area (Å²) in [5, 5.41) is 0.455. The molecular weight excluding hydrogens is 178 g/mol. The molecule has 0 amide bonds. The maximum Gasteiger partial charge on any atom is 0.127 e. The molecular formula is C9H18NSi2. The number of nitrogens with zero attached hydrogens (tertiary/aromatic N) is 1. The first-order valence-electron chi connectivity index (χ1n) is 4.45. The first-order chi connectivity index (χ1) is 5.21. The van der Waals surface area contributed by atoms with Gasteiger partial charge in [0.1, 0.15) is 8.83 Å². The van der Waals surface area contributed by atoms with Crippen molar-refractivity contribution in [2.75, 3.05) is 0 Å². The standard InChI is InChI=1S/C9H18NSi2/c1-7(2)8(3,4)10-12-11-9(7,5)6/h1-6H3. The van der Waals surface area contributed by atoms with Crippen LogP contribution in [-0.2, 0) is 0 Å². The van der Waals surface area contributed by atoms with E-state index in [-0.39, 0.29) is 5.54 Å². The van der Waals surface area contributed by atoms with Gasteiger partial charge >= 0.3 is 0 Å². The third-order valence-corrected chi connectivity index (χ3v) is 8.37. The van der Waals surface area contributed by atoms with Crippen molar-refractivity contribution >= 4 is 17.9 Å². The molecule has 12 heavy (non-hydrogen) atoms. The summed E-state index contributed by atoms with van der Waals surface area (Å²) in [4.78, 5) is 0. The van der Waals surface area contributed by atoms with E-state index < -0.39 is 0 Å². The van der Waals surface area contributed by atoms with E-state index in [0.717, 1.165) is 17.9 Å². The van der Waals surface area contributed by atoms with E-state index in [4.69, 9.17) is 4.63 Å². The topological polar surface area (TPSA) is 12.4 Å². The van der Waals surface area contributed by atoms with Crippen LogP contribution < -0.4 is 0 Å². The lowest BCUT2D eigenvalue weighted by molar-refractivity contribution is 0.143. The van der Waals surface area contributed by atoms with Crippen molar-refractivity contribution in [2.24, 2.45) is 10.0 Å². The minimum absolute atomic E-state index is 0.153. The van der Waals surface area contributed by atoms with Gasteiger partial charge in [-0.2, -0.15) is 0 Å². The zero-order valence-electron chi connectivity index (χ0n) is 8.95. The van der Waals surface area contributed by atoms with E-state index in [1.807, 2.05) is 0 Å². The van der Waals surface area contributed by atoms with Gasteiger partial charge in [0.15, 0.2) is 0 Å². The molecule has 0 spiro atoms. The molecule has 3 radical (unpaired) electrons. The zero-order chi connectivity index (χ0) is 9.62. The van der Waals surface area contributed by atoms with Crippen LogP contribution >= 0.6 is 0 Å². The average Bonchev–Trinajstić information content (AvgIpc) is 1.83. The minimum Gasteiger partial charge on any atom is -0.333 e. The minimum atomic E-state index is 0.153. The van der Waals surface area contributed by atoms with E-state index >= 15 is 0 Å². The first kappa shape index (κ1) is 10.3. The third kappa shape index (κ3) is 1.27. The molecule has 0 aromatic carbocycles. The lowest BCUT2D eigenvalue weighted by Gasteiger charge is -2.52. The third-order valence-electron chi connectivity index (χ3n) is 3.80. The van der Waals surface area contributed by atoms with Crippen LogP contribution in [0.2, 0.25) is 5.04 Å². The second-order valence-electron chi connectivity index (χ2n) is 5.16. The smallest absolute Gasteiger partial charge is 0.127 e. The summed E-state index contributed by atoms with van der Waals surface area (Å²) < 4.78 is 4.75. The summed E-state index contributed by atoms with van der Waals surface area (Å²) in [6, 6.07) is 0. The molecule has 67 valence electrons. The maximum absolute atomic E-state index is 4.75. The molecule has 0 bridgehead atoms. The second kappa shape index (κ2) is 2.61. The Bertz CT molecular complexity index is 217. The van der Waals surface area contributed by atoms with Gasteiger partial charge in [0.2, 0.25) is 0 Å². The van der Waals surface area contributed by atoms with Gasteiger partial charge in [-0.15, -0.1) is 0 Å². The normalized spacial score (nSPS) is 30.2. The highest BCUT2D eigenvalue weighted by molar-refractivity contribution is 6.96. The molecule has 0 fully saturated rings. The highest BCUT2D eigenvalue weighted by Crippen LogP contribution is 2.53. The first-order valence-corrected chi connectivity index (χ1v) is 7.39. The lowest BCUT2D eigenvalue weighted by Crippen LogP contribution is -2.50. The fourth-order valence-electron chi connectivity index (χ4n) is 1.37. The van der Waals surface area contributed by atoms with Gasteiger partial charge in [-0.05, 0) is 24.3 Å². The lowest BCUT2D eigenvalue weighted by atomic mass is 9.67. The molecule has 0 unspecified atom stereocenters. The Morgan fingerprint density at radius 1 is 0.917 bits per heavy atom. The van der Waals surface area contributed by atoms with Crippen molar-refractivity contribution in [3.05, 3.63) is 0 Å². The number of hydrogen-bond donors (Lipinski definition) is 0. The predicted octanol–water partition coefficient (Wildman–Crippen LogP) is 2.51. The van der Waals surface area contributed by atoms with Crippen molar-refractivity contribution in [3.8, 4) is 0 Å². The van der Waals surface area contributed by atoms with Crippen LogP contribution in [0.5, 0.6) is 0 Å². The quantitative estimate of drug-likeness (QED) is 0.528. The molecule has 0 aliphatic carbocycles. The van der Waals surface area contributed by atoms with Crippen LogP contribution in [0, 0.1) is 5.41 Å². The van der Waals surface area contributed by atoms with E-state index in [9.17, 15) is 0 Å². The van der Waals surface area contributed by atoms with Crippen molar-refractivity contribution in [3.63, 3.8) is 0 Å². The summed E-state index contributed by atoms with van der Waals surface area (Å²) in [5.41, 5.74) is 0.476. The fraction of sp³-hybridized carbons (Fsp3) is 1.00. The molecule has 0 aromatic heterocycles. The summed E-state index contributed by atoms with van der Waals surface area (Å²) in [6.07, 6.45) is 0. The highest BCUT2D eigenvalue weighted by atomic mass is 29.1. The van der Waals surface area contributed by atoms with Gasteiger partial charge in [-0.1, -0.05) is 27.7 Å². The Morgan fingerprint density at radius 2 is 1.42 bits per heavy atom. The van der Waals surface area contributed by atoms with E-state index in [1.54, 1.807) is 0 Å². The molecule has 0 saturated carbocycles. The Hall–Kier alpha value is 0.234. The molecule has 1 rings (SSSR count). The maximum atomic E-state index is 4.75. The predicted molar refractivity (Wildman–Crippen MR) is 55.8 cm³/mol. The summed E-state index contributed by atoms with van der Waals surface area (Å²) >= 11 is 0. The number of rotatable bonds is 0. The van der Waals surface area contributed by atoms with E-state index in [1.165, 1.54) is 0 Å². The molecule has 3 heteroatoms. The molecule has 1 aliphatic heterocycles. The van der Waals surface area contributed by atoms with Crippen molar-refractivity contribution in [1.29, 1.82) is 0 Å². The Labute approximate surface area is 80.5 Å².